The van der Waals surface area contributed by atoms with E-state index in [0.29, 0.717) is 11.6 Å². The van der Waals surface area contributed by atoms with Crippen molar-refractivity contribution in [1.82, 2.24) is 15.5 Å². The van der Waals surface area contributed by atoms with Crippen molar-refractivity contribution in [3.05, 3.63) is 34.9 Å². The van der Waals surface area contributed by atoms with Gasteiger partial charge in [-0.1, -0.05) is 23.7 Å². The maximum atomic E-state index is 12.0. The van der Waals surface area contributed by atoms with Crippen LogP contribution in [-0.2, 0) is 4.74 Å². The highest BCUT2D eigenvalue weighted by molar-refractivity contribution is 14.0. The van der Waals surface area contributed by atoms with Crippen molar-refractivity contribution >= 4 is 47.6 Å². The van der Waals surface area contributed by atoms with Crippen LogP contribution in [0, 0.1) is 0 Å². The number of ether oxygens (including phenoxy) is 1. The van der Waals surface area contributed by atoms with E-state index in [1.807, 2.05) is 27.7 Å². The molecule has 1 aromatic rings. The quantitative estimate of drug-likeness (QED) is 0.303. The van der Waals surface area contributed by atoms with E-state index in [0.717, 1.165) is 31.0 Å². The molecule has 164 valence electrons. The fourth-order valence-corrected chi connectivity index (χ4v) is 3.06. The largest absolute Gasteiger partial charge is 0.444 e. The van der Waals surface area contributed by atoms with Crippen LogP contribution in [0.4, 0.5) is 4.79 Å². The number of alkyl carbamates (subject to hydrolysis) is 1. The molecule has 0 aromatic heterocycles. The van der Waals surface area contributed by atoms with Crippen molar-refractivity contribution in [2.45, 2.75) is 51.9 Å². The maximum Gasteiger partial charge on any atom is 0.407 e. The summed E-state index contributed by atoms with van der Waals surface area (Å²) in [5.74, 6) is 0.726. The summed E-state index contributed by atoms with van der Waals surface area (Å²) < 4.78 is 5.32. The molecule has 0 aliphatic carbocycles. The van der Waals surface area contributed by atoms with Gasteiger partial charge in [0.1, 0.15) is 5.60 Å². The Morgan fingerprint density at radius 2 is 2.03 bits per heavy atom. The van der Waals surface area contributed by atoms with Gasteiger partial charge < -0.3 is 25.4 Å². The molecule has 2 rings (SSSR count). The van der Waals surface area contributed by atoms with Gasteiger partial charge in [-0.05, 0) is 51.8 Å². The van der Waals surface area contributed by atoms with Gasteiger partial charge in [-0.15, -0.1) is 24.0 Å². The highest BCUT2D eigenvalue weighted by atomic mass is 127. The van der Waals surface area contributed by atoms with Crippen LogP contribution in [0.15, 0.2) is 29.3 Å². The minimum absolute atomic E-state index is 0. The summed E-state index contributed by atoms with van der Waals surface area (Å²) >= 11 is 5.89. The molecule has 1 aliphatic heterocycles. The Bertz CT molecular complexity index is 679. The minimum Gasteiger partial charge on any atom is -0.444 e. The van der Waals surface area contributed by atoms with Gasteiger partial charge in [0.2, 0.25) is 0 Å². The highest BCUT2D eigenvalue weighted by Crippen LogP contribution is 2.17. The van der Waals surface area contributed by atoms with Gasteiger partial charge in [-0.25, -0.2) is 4.79 Å². The Labute approximate surface area is 195 Å². The second-order valence-corrected chi connectivity index (χ2v) is 8.28. The second-order valence-electron chi connectivity index (χ2n) is 7.84. The minimum atomic E-state index is -0.704. The molecule has 2 atom stereocenters. The van der Waals surface area contributed by atoms with Gasteiger partial charge in [-0.3, -0.25) is 4.99 Å². The Morgan fingerprint density at radius 1 is 1.38 bits per heavy atom. The van der Waals surface area contributed by atoms with Gasteiger partial charge in [-0.2, -0.15) is 0 Å². The molecule has 1 heterocycles. The fraction of sp³-hybridized carbons (Fsp3) is 0.600. The molecule has 3 N–H and O–H groups in total. The molecule has 0 saturated carbocycles. The number of aliphatic hydroxyl groups excluding tert-OH is 1. The molecule has 1 aromatic carbocycles. The van der Waals surface area contributed by atoms with Gasteiger partial charge >= 0.3 is 6.09 Å². The van der Waals surface area contributed by atoms with Crippen LogP contribution >= 0.6 is 35.6 Å². The monoisotopic (exact) mass is 538 g/mol. The third kappa shape index (κ3) is 8.96. The number of aliphatic hydroxyl groups is 1. The molecule has 1 aliphatic rings. The first-order valence-electron chi connectivity index (χ1n) is 9.64. The van der Waals surface area contributed by atoms with Crippen molar-refractivity contribution in [3.8, 4) is 0 Å². The second kappa shape index (κ2) is 11.8. The first-order chi connectivity index (χ1) is 13.2. The van der Waals surface area contributed by atoms with Gasteiger partial charge in [0.05, 0.1) is 18.7 Å². The standard InChI is InChI=1S/C20H31ClN4O3.HI/c1-5-22-18(23-12-17(26)14-6-8-15(21)9-7-14)25-11-10-16(13-25)24-19(27)28-20(2,3)4;/h6-9,16-17,26H,5,10-13H2,1-4H3,(H,22,23)(H,24,27);1H. The Morgan fingerprint density at radius 3 is 2.62 bits per heavy atom. The van der Waals surface area contributed by atoms with Gasteiger partial charge in [0, 0.05) is 24.7 Å². The van der Waals surface area contributed by atoms with E-state index in [1.54, 1.807) is 24.3 Å². The number of rotatable bonds is 5. The summed E-state index contributed by atoms with van der Waals surface area (Å²) in [7, 11) is 0. The van der Waals surface area contributed by atoms with Crippen LogP contribution in [-0.4, -0.2) is 59.9 Å². The third-order valence-electron chi connectivity index (χ3n) is 4.21. The summed E-state index contributed by atoms with van der Waals surface area (Å²) in [6, 6.07) is 7.10. The Kier molecular flexibility index (Phi) is 10.5. The summed E-state index contributed by atoms with van der Waals surface area (Å²) in [4.78, 5) is 18.6. The van der Waals surface area contributed by atoms with Gasteiger partial charge in [0.25, 0.3) is 0 Å². The summed E-state index contributed by atoms with van der Waals surface area (Å²) in [6.45, 7) is 9.89. The number of halogens is 2. The molecule has 2 unspecified atom stereocenters. The van der Waals surface area contributed by atoms with Crippen molar-refractivity contribution in [3.63, 3.8) is 0 Å². The third-order valence-corrected chi connectivity index (χ3v) is 4.46. The zero-order valence-electron chi connectivity index (χ0n) is 17.4. The SMILES string of the molecule is CCNC(=NCC(O)c1ccc(Cl)cc1)N1CCC(NC(=O)OC(C)(C)C)C1.I. The van der Waals surface area contributed by atoms with Crippen molar-refractivity contribution in [1.29, 1.82) is 0 Å². The summed E-state index contributed by atoms with van der Waals surface area (Å²) in [6.07, 6.45) is -0.299. The molecule has 7 nitrogen and oxygen atoms in total. The van der Waals surface area contributed by atoms with E-state index < -0.39 is 17.8 Å². The predicted molar refractivity (Wildman–Crippen MR) is 127 cm³/mol. The van der Waals surface area contributed by atoms with Crippen LogP contribution in [0.3, 0.4) is 0 Å². The zero-order chi connectivity index (χ0) is 20.7. The predicted octanol–water partition coefficient (Wildman–Crippen LogP) is 3.56. The summed E-state index contributed by atoms with van der Waals surface area (Å²) in [5, 5.41) is 17.2. The number of amides is 1. The molecule has 1 amide bonds. The van der Waals surface area contributed by atoms with E-state index in [2.05, 4.69) is 20.5 Å². The first kappa shape index (κ1) is 25.8. The zero-order valence-corrected chi connectivity index (χ0v) is 20.5. The van der Waals surface area contributed by atoms with Crippen LogP contribution in [0.1, 0.15) is 45.8 Å². The van der Waals surface area contributed by atoms with E-state index in [9.17, 15) is 9.90 Å². The Balaban J connectivity index is 0.00000420. The average Bonchev–Trinajstić information content (AvgIpc) is 3.05. The first-order valence-corrected chi connectivity index (χ1v) is 10.0. The number of carbonyl (C=O) groups is 1. The number of carbonyl (C=O) groups excluding carboxylic acids is 1. The van der Waals surface area contributed by atoms with Crippen LogP contribution in [0.25, 0.3) is 0 Å². The number of hydrogen-bond donors (Lipinski definition) is 3. The average molecular weight is 539 g/mol. The van der Waals surface area contributed by atoms with Crippen LogP contribution < -0.4 is 10.6 Å². The summed E-state index contributed by atoms with van der Waals surface area (Å²) in [5.41, 5.74) is 0.256. The smallest absolute Gasteiger partial charge is 0.407 e. The fourth-order valence-electron chi connectivity index (χ4n) is 2.93. The lowest BCUT2D eigenvalue weighted by Gasteiger charge is -2.23. The van der Waals surface area contributed by atoms with Crippen LogP contribution in [0.2, 0.25) is 5.02 Å². The van der Waals surface area contributed by atoms with Crippen molar-refractivity contribution in [2.24, 2.45) is 4.99 Å². The van der Waals surface area contributed by atoms with Crippen molar-refractivity contribution < 1.29 is 14.6 Å². The van der Waals surface area contributed by atoms with Crippen LogP contribution in [0.5, 0.6) is 0 Å². The lowest BCUT2D eigenvalue weighted by Crippen LogP contribution is -2.44. The molecule has 29 heavy (non-hydrogen) atoms. The van der Waals surface area contributed by atoms with E-state index in [4.69, 9.17) is 16.3 Å². The number of likely N-dealkylation sites (tertiary alicyclic amines) is 1. The van der Waals surface area contributed by atoms with E-state index >= 15 is 0 Å². The number of guanidine groups is 1. The highest BCUT2D eigenvalue weighted by Gasteiger charge is 2.28. The Hall–Kier alpha value is -1.26. The lowest BCUT2D eigenvalue weighted by molar-refractivity contribution is 0.0507. The molecule has 0 radical (unpaired) electrons. The number of aliphatic imine (C=N–C) groups is 1. The van der Waals surface area contributed by atoms with Crippen molar-refractivity contribution in [2.75, 3.05) is 26.2 Å². The number of benzene rings is 1. The molecule has 1 saturated heterocycles. The van der Waals surface area contributed by atoms with Gasteiger partial charge in [0.15, 0.2) is 5.96 Å². The molecular formula is C20H32ClIN4O3. The number of nitrogens with one attached hydrogen (secondary N) is 2. The topological polar surface area (TPSA) is 86.2 Å². The normalized spacial score (nSPS) is 18.1. The molecule has 9 heteroatoms. The molecule has 0 bridgehead atoms. The molecule has 1 fully saturated rings. The maximum absolute atomic E-state index is 12.0. The number of hydrogen-bond acceptors (Lipinski definition) is 4. The molecular weight excluding hydrogens is 507 g/mol. The number of nitrogens with zero attached hydrogens (tertiary/aromatic N) is 2. The molecule has 0 spiro atoms. The van der Waals surface area contributed by atoms with E-state index in [1.165, 1.54) is 0 Å². The van der Waals surface area contributed by atoms with E-state index in [-0.39, 0.29) is 36.6 Å². The lowest BCUT2D eigenvalue weighted by atomic mass is 10.1.